The van der Waals surface area contributed by atoms with Gasteiger partial charge < -0.3 is 5.32 Å². The van der Waals surface area contributed by atoms with Gasteiger partial charge in [-0.1, -0.05) is 13.8 Å². The van der Waals surface area contributed by atoms with Gasteiger partial charge in [-0.2, -0.15) is 0 Å². The predicted octanol–water partition coefficient (Wildman–Crippen LogP) is 3.49. The van der Waals surface area contributed by atoms with Crippen LogP contribution in [0.15, 0.2) is 12.1 Å². The topological polar surface area (TPSA) is 29.1 Å². The summed E-state index contributed by atoms with van der Waals surface area (Å²) in [6.07, 6.45) is 0.539. The Hall–Kier alpha value is -1.23. The lowest BCUT2D eigenvalue weighted by atomic mass is 10.0. The van der Waals surface area contributed by atoms with E-state index < -0.39 is 23.4 Å². The Balaban J connectivity index is 2.88. The highest BCUT2D eigenvalue weighted by atomic mass is 35.5. The molecule has 1 N–H and O–H groups in total. The summed E-state index contributed by atoms with van der Waals surface area (Å²) in [5.74, 6) is -4.53. The van der Waals surface area contributed by atoms with Crippen molar-refractivity contribution >= 4 is 17.5 Å². The van der Waals surface area contributed by atoms with Gasteiger partial charge in [0.1, 0.15) is 0 Å². The second-order valence-corrected chi connectivity index (χ2v) is 4.93. The molecule has 0 aliphatic heterocycles. The molecule has 1 atom stereocenters. The van der Waals surface area contributed by atoms with Crippen molar-refractivity contribution in [3.05, 3.63) is 35.1 Å². The van der Waals surface area contributed by atoms with Gasteiger partial charge in [-0.3, -0.25) is 4.79 Å². The first-order valence-corrected chi connectivity index (χ1v) is 6.41. The van der Waals surface area contributed by atoms with Crippen molar-refractivity contribution in [1.29, 1.82) is 0 Å². The number of alkyl halides is 1. The van der Waals surface area contributed by atoms with Crippen LogP contribution in [0, 0.1) is 23.4 Å². The highest BCUT2D eigenvalue weighted by Crippen LogP contribution is 2.15. The van der Waals surface area contributed by atoms with Gasteiger partial charge in [-0.05, 0) is 24.5 Å². The van der Waals surface area contributed by atoms with E-state index in [4.69, 9.17) is 11.6 Å². The third-order valence-electron chi connectivity index (χ3n) is 2.79. The predicted molar refractivity (Wildman–Crippen MR) is 67.7 cm³/mol. The van der Waals surface area contributed by atoms with Crippen LogP contribution in [0.4, 0.5) is 13.2 Å². The van der Waals surface area contributed by atoms with Crippen LogP contribution in [0.1, 0.15) is 30.6 Å². The van der Waals surface area contributed by atoms with Crippen molar-refractivity contribution < 1.29 is 18.0 Å². The molecule has 1 aromatic carbocycles. The minimum atomic E-state index is -1.59. The molecule has 0 radical (unpaired) electrons. The van der Waals surface area contributed by atoms with E-state index in [2.05, 4.69) is 5.32 Å². The lowest BCUT2D eigenvalue weighted by molar-refractivity contribution is 0.0923. The van der Waals surface area contributed by atoms with Crippen LogP contribution in [0.25, 0.3) is 0 Å². The van der Waals surface area contributed by atoms with Gasteiger partial charge in [-0.25, -0.2) is 13.2 Å². The quantitative estimate of drug-likeness (QED) is 0.653. The molecular formula is C13H15ClF3NO. The van der Waals surface area contributed by atoms with Crippen molar-refractivity contribution in [2.24, 2.45) is 5.92 Å². The van der Waals surface area contributed by atoms with Gasteiger partial charge in [0.2, 0.25) is 0 Å². The Kier molecular flexibility index (Phi) is 5.66. The average Bonchev–Trinajstić information content (AvgIpc) is 2.34. The van der Waals surface area contributed by atoms with Gasteiger partial charge >= 0.3 is 0 Å². The first-order valence-electron chi connectivity index (χ1n) is 5.88. The number of benzene rings is 1. The molecule has 0 fully saturated rings. The Labute approximate surface area is 114 Å². The molecule has 1 rings (SSSR count). The number of carbonyl (C=O) groups excluding carboxylic acids is 1. The third kappa shape index (κ3) is 4.13. The van der Waals surface area contributed by atoms with Crippen LogP contribution in [0.2, 0.25) is 0 Å². The molecule has 0 spiro atoms. The number of hydrogen-bond donors (Lipinski definition) is 1. The molecule has 106 valence electrons. The summed E-state index contributed by atoms with van der Waals surface area (Å²) >= 11 is 5.62. The number of rotatable bonds is 5. The second kappa shape index (κ2) is 6.80. The zero-order valence-corrected chi connectivity index (χ0v) is 11.4. The van der Waals surface area contributed by atoms with E-state index >= 15 is 0 Å². The van der Waals surface area contributed by atoms with Gasteiger partial charge in [-0.15, -0.1) is 11.6 Å². The lowest BCUT2D eigenvalue weighted by Gasteiger charge is -2.21. The summed E-state index contributed by atoms with van der Waals surface area (Å²) in [6, 6.07) is 1.14. The first-order chi connectivity index (χ1) is 8.86. The number of hydrogen-bond acceptors (Lipinski definition) is 1. The van der Waals surface area contributed by atoms with E-state index in [9.17, 15) is 18.0 Å². The van der Waals surface area contributed by atoms with E-state index in [1.165, 1.54) is 0 Å². The largest absolute Gasteiger partial charge is 0.349 e. The highest BCUT2D eigenvalue weighted by Gasteiger charge is 2.19. The van der Waals surface area contributed by atoms with Crippen LogP contribution in [0.5, 0.6) is 0 Å². The van der Waals surface area contributed by atoms with Crippen molar-refractivity contribution in [2.45, 2.75) is 26.3 Å². The van der Waals surface area contributed by atoms with Crippen LogP contribution in [-0.4, -0.2) is 17.8 Å². The summed E-state index contributed by atoms with van der Waals surface area (Å²) in [6.45, 7) is 3.78. The van der Waals surface area contributed by atoms with Crippen molar-refractivity contribution in [2.75, 3.05) is 5.88 Å². The zero-order chi connectivity index (χ0) is 14.6. The number of amides is 1. The van der Waals surface area contributed by atoms with Crippen LogP contribution < -0.4 is 5.32 Å². The summed E-state index contributed by atoms with van der Waals surface area (Å²) in [4.78, 5) is 11.8. The molecule has 0 bridgehead atoms. The van der Waals surface area contributed by atoms with E-state index in [1.807, 2.05) is 13.8 Å². The third-order valence-corrected chi connectivity index (χ3v) is 3.01. The van der Waals surface area contributed by atoms with Crippen molar-refractivity contribution in [3.63, 3.8) is 0 Å². The Morgan fingerprint density at radius 3 is 2.21 bits per heavy atom. The van der Waals surface area contributed by atoms with Gasteiger partial charge in [0.15, 0.2) is 17.5 Å². The monoisotopic (exact) mass is 293 g/mol. The van der Waals surface area contributed by atoms with Gasteiger partial charge in [0, 0.05) is 17.5 Å². The van der Waals surface area contributed by atoms with E-state index in [1.54, 1.807) is 0 Å². The maximum atomic E-state index is 13.0. The molecule has 0 saturated carbocycles. The molecule has 0 aliphatic carbocycles. The molecule has 0 saturated heterocycles. The number of halogens is 4. The molecule has 6 heteroatoms. The fourth-order valence-electron chi connectivity index (χ4n) is 1.63. The Morgan fingerprint density at radius 1 is 1.26 bits per heavy atom. The van der Waals surface area contributed by atoms with Crippen LogP contribution >= 0.6 is 11.6 Å². The van der Waals surface area contributed by atoms with E-state index in [-0.39, 0.29) is 17.5 Å². The molecular weight excluding hydrogens is 279 g/mol. The fourth-order valence-corrected chi connectivity index (χ4v) is 1.86. The molecule has 0 aromatic heterocycles. The maximum absolute atomic E-state index is 13.0. The summed E-state index contributed by atoms with van der Waals surface area (Å²) in [5.41, 5.74) is -0.253. The molecule has 2 nitrogen and oxygen atoms in total. The highest BCUT2D eigenvalue weighted by molar-refractivity contribution is 6.17. The van der Waals surface area contributed by atoms with Crippen LogP contribution in [-0.2, 0) is 0 Å². The molecule has 1 amide bonds. The number of carbonyl (C=O) groups is 1. The minimum Gasteiger partial charge on any atom is -0.349 e. The summed E-state index contributed by atoms with van der Waals surface area (Å²) < 4.78 is 38.8. The second-order valence-electron chi connectivity index (χ2n) is 4.56. The summed E-state index contributed by atoms with van der Waals surface area (Å²) in [7, 11) is 0. The lowest BCUT2D eigenvalue weighted by Crippen LogP contribution is -2.39. The van der Waals surface area contributed by atoms with Crippen molar-refractivity contribution in [3.8, 4) is 0 Å². The van der Waals surface area contributed by atoms with Crippen molar-refractivity contribution in [1.82, 2.24) is 5.32 Å². The molecule has 0 aliphatic rings. The molecule has 0 heterocycles. The van der Waals surface area contributed by atoms with E-state index in [0.717, 1.165) is 0 Å². The SMILES string of the molecule is CC(C)C(CCCl)NC(=O)c1cc(F)c(F)c(F)c1. The first kappa shape index (κ1) is 15.8. The normalized spacial score (nSPS) is 12.6. The Bertz CT molecular complexity index is 442. The summed E-state index contributed by atoms with van der Waals surface area (Å²) in [5, 5.41) is 2.63. The maximum Gasteiger partial charge on any atom is 0.251 e. The Morgan fingerprint density at radius 2 is 1.79 bits per heavy atom. The molecule has 1 aromatic rings. The standard InChI is InChI=1S/C13H15ClF3NO/c1-7(2)11(3-4-14)18-13(19)8-5-9(15)12(17)10(16)6-8/h5-7,11H,3-4H2,1-2H3,(H,18,19). The molecule has 1 unspecified atom stereocenters. The van der Waals surface area contributed by atoms with Crippen LogP contribution in [0.3, 0.4) is 0 Å². The zero-order valence-electron chi connectivity index (χ0n) is 10.6. The number of nitrogens with one attached hydrogen (secondary N) is 1. The minimum absolute atomic E-state index is 0.123. The van der Waals surface area contributed by atoms with Gasteiger partial charge in [0.25, 0.3) is 5.91 Å². The average molecular weight is 294 g/mol. The van der Waals surface area contributed by atoms with Gasteiger partial charge in [0.05, 0.1) is 0 Å². The van der Waals surface area contributed by atoms with E-state index in [0.29, 0.717) is 24.4 Å². The molecule has 19 heavy (non-hydrogen) atoms. The fraction of sp³-hybridized carbons (Fsp3) is 0.462. The smallest absolute Gasteiger partial charge is 0.251 e.